The van der Waals surface area contributed by atoms with Crippen LogP contribution in [0.4, 0.5) is 5.69 Å². The van der Waals surface area contributed by atoms with Crippen molar-refractivity contribution >= 4 is 39.4 Å². The number of aryl methyl sites for hydroxylation is 2. The highest BCUT2D eigenvalue weighted by molar-refractivity contribution is 7.92. The van der Waals surface area contributed by atoms with Gasteiger partial charge in [0.05, 0.1) is 16.8 Å². The summed E-state index contributed by atoms with van der Waals surface area (Å²) in [5, 5.41) is 12.8. The normalized spacial score (nSPS) is 11.1. The minimum atomic E-state index is -4.07. The Kier molecular flexibility index (Phi) is 8.47. The number of sulfonamides is 1. The van der Waals surface area contributed by atoms with Crippen molar-refractivity contribution in [3.05, 3.63) is 88.4 Å². The zero-order chi connectivity index (χ0) is 25.4. The van der Waals surface area contributed by atoms with E-state index in [1.165, 1.54) is 24.4 Å². The van der Waals surface area contributed by atoms with E-state index in [0.717, 1.165) is 9.87 Å². The molecule has 8 nitrogen and oxygen atoms in total. The van der Waals surface area contributed by atoms with E-state index in [4.69, 9.17) is 21.6 Å². The Hall–Kier alpha value is -3.87. The highest BCUT2D eigenvalue weighted by Crippen LogP contribution is 2.29. The summed E-state index contributed by atoms with van der Waals surface area (Å²) in [6, 6.07) is 19.8. The SMILES string of the molecule is Cc1ccc(S(=O)(=O)N(CC(=O)N/N=C\c2ccc(OCC#N)cc2)c2cc(Cl)ccc2C)cc1. The Balaban J connectivity index is 1.80. The molecule has 0 aliphatic carbocycles. The third-order valence-corrected chi connectivity index (χ3v) is 6.93. The molecule has 3 aromatic rings. The molecule has 0 aliphatic rings. The van der Waals surface area contributed by atoms with Crippen molar-refractivity contribution < 1.29 is 17.9 Å². The van der Waals surface area contributed by atoms with Crippen molar-refractivity contribution in [3.8, 4) is 11.8 Å². The van der Waals surface area contributed by atoms with Gasteiger partial charge < -0.3 is 4.74 Å². The van der Waals surface area contributed by atoms with Gasteiger partial charge in [-0.25, -0.2) is 13.8 Å². The van der Waals surface area contributed by atoms with Crippen LogP contribution in [0, 0.1) is 25.2 Å². The fraction of sp³-hybridized carbons (Fsp3) is 0.160. The number of rotatable bonds is 9. The Labute approximate surface area is 209 Å². The molecule has 1 N–H and O–H groups in total. The first kappa shape index (κ1) is 25.7. The highest BCUT2D eigenvalue weighted by atomic mass is 35.5. The van der Waals surface area contributed by atoms with E-state index in [-0.39, 0.29) is 11.5 Å². The lowest BCUT2D eigenvalue weighted by atomic mass is 10.2. The van der Waals surface area contributed by atoms with Gasteiger partial charge in [-0.3, -0.25) is 9.10 Å². The molecule has 3 aromatic carbocycles. The number of hydrogen-bond donors (Lipinski definition) is 1. The topological polar surface area (TPSA) is 112 Å². The number of hydrazone groups is 1. The number of ether oxygens (including phenoxy) is 1. The molecule has 10 heteroatoms. The maximum atomic E-state index is 13.5. The second kappa shape index (κ2) is 11.5. The number of anilines is 1. The molecule has 0 radical (unpaired) electrons. The van der Waals surface area contributed by atoms with Crippen molar-refractivity contribution in [2.75, 3.05) is 17.5 Å². The fourth-order valence-corrected chi connectivity index (χ4v) is 4.74. The Bertz CT molecular complexity index is 1370. The van der Waals surface area contributed by atoms with Gasteiger partial charge in [-0.1, -0.05) is 35.4 Å². The summed E-state index contributed by atoms with van der Waals surface area (Å²) < 4.78 is 33.2. The van der Waals surface area contributed by atoms with Crippen molar-refractivity contribution in [3.63, 3.8) is 0 Å². The zero-order valence-corrected chi connectivity index (χ0v) is 20.7. The number of carbonyl (C=O) groups is 1. The van der Waals surface area contributed by atoms with Crippen molar-refractivity contribution in [1.29, 1.82) is 5.26 Å². The second-order valence-corrected chi connectivity index (χ2v) is 9.86. The van der Waals surface area contributed by atoms with Gasteiger partial charge in [0, 0.05) is 5.02 Å². The van der Waals surface area contributed by atoms with E-state index >= 15 is 0 Å². The number of halogens is 1. The molecular weight excluding hydrogens is 488 g/mol. The van der Waals surface area contributed by atoms with Gasteiger partial charge in [-0.2, -0.15) is 10.4 Å². The van der Waals surface area contributed by atoms with E-state index in [9.17, 15) is 13.2 Å². The molecule has 3 rings (SSSR count). The van der Waals surface area contributed by atoms with Gasteiger partial charge >= 0.3 is 0 Å². The molecule has 1 amide bonds. The van der Waals surface area contributed by atoms with E-state index in [1.807, 2.05) is 13.0 Å². The van der Waals surface area contributed by atoms with Gasteiger partial charge in [0.1, 0.15) is 18.4 Å². The van der Waals surface area contributed by atoms with Crippen LogP contribution >= 0.6 is 11.6 Å². The van der Waals surface area contributed by atoms with Crippen molar-refractivity contribution in [1.82, 2.24) is 5.43 Å². The molecule has 180 valence electrons. The number of carbonyl (C=O) groups excluding carboxylic acids is 1. The minimum absolute atomic E-state index is 0.0532. The summed E-state index contributed by atoms with van der Waals surface area (Å²) in [6.45, 7) is 3.03. The predicted molar refractivity (Wildman–Crippen MR) is 135 cm³/mol. The largest absolute Gasteiger partial charge is 0.479 e. The first-order chi connectivity index (χ1) is 16.7. The van der Waals surface area contributed by atoms with E-state index in [0.29, 0.717) is 27.6 Å². The van der Waals surface area contributed by atoms with Crippen LogP contribution in [-0.2, 0) is 14.8 Å². The first-order valence-electron chi connectivity index (χ1n) is 10.5. The fourth-order valence-electron chi connectivity index (χ4n) is 3.10. The number of nitriles is 1. The number of hydrogen-bond acceptors (Lipinski definition) is 6. The van der Waals surface area contributed by atoms with Gasteiger partial charge in [0.2, 0.25) is 0 Å². The number of nitrogens with one attached hydrogen (secondary N) is 1. The molecule has 0 saturated carbocycles. The monoisotopic (exact) mass is 510 g/mol. The Morgan fingerprint density at radius 2 is 1.80 bits per heavy atom. The predicted octanol–water partition coefficient (Wildman–Crippen LogP) is 4.20. The smallest absolute Gasteiger partial charge is 0.264 e. The van der Waals surface area contributed by atoms with Crippen LogP contribution in [0.5, 0.6) is 5.75 Å². The maximum absolute atomic E-state index is 13.5. The quantitative estimate of drug-likeness (QED) is 0.342. The summed E-state index contributed by atoms with van der Waals surface area (Å²) in [6.07, 6.45) is 1.41. The lowest BCUT2D eigenvalue weighted by Crippen LogP contribution is -2.40. The van der Waals surface area contributed by atoms with Crippen LogP contribution in [-0.4, -0.2) is 33.7 Å². The number of amides is 1. The van der Waals surface area contributed by atoms with Crippen LogP contribution in [0.1, 0.15) is 16.7 Å². The molecule has 35 heavy (non-hydrogen) atoms. The second-order valence-electron chi connectivity index (χ2n) is 7.56. The van der Waals surface area contributed by atoms with Crippen LogP contribution < -0.4 is 14.5 Å². The maximum Gasteiger partial charge on any atom is 0.264 e. The third kappa shape index (κ3) is 6.82. The molecule has 0 saturated heterocycles. The van der Waals surface area contributed by atoms with Crippen molar-refractivity contribution in [2.45, 2.75) is 18.7 Å². The lowest BCUT2D eigenvalue weighted by molar-refractivity contribution is -0.119. The molecule has 0 aromatic heterocycles. The number of benzene rings is 3. The molecule has 0 spiro atoms. The average molecular weight is 511 g/mol. The summed E-state index contributed by atoms with van der Waals surface area (Å²) in [4.78, 5) is 12.8. The van der Waals surface area contributed by atoms with E-state index in [2.05, 4.69) is 10.5 Å². The summed E-state index contributed by atoms with van der Waals surface area (Å²) in [5.74, 6) is -0.105. The van der Waals surface area contributed by atoms with Crippen LogP contribution in [0.2, 0.25) is 5.02 Å². The molecule has 0 atom stereocenters. The standard InChI is InChI=1S/C25H23ClN4O4S/c1-18-3-11-23(12-4-18)35(32,33)30(24-15-21(26)8-5-19(24)2)17-25(31)29-28-16-20-6-9-22(10-7-20)34-14-13-27/h3-12,15-16H,14,17H2,1-2H3,(H,29,31)/b28-16-. The van der Waals surface area contributed by atoms with E-state index in [1.54, 1.807) is 55.5 Å². The Morgan fingerprint density at radius 3 is 2.46 bits per heavy atom. The minimum Gasteiger partial charge on any atom is -0.479 e. The zero-order valence-electron chi connectivity index (χ0n) is 19.1. The Morgan fingerprint density at radius 1 is 1.11 bits per heavy atom. The lowest BCUT2D eigenvalue weighted by Gasteiger charge is -2.25. The summed E-state index contributed by atoms with van der Waals surface area (Å²) in [7, 11) is -4.07. The number of nitrogens with zero attached hydrogens (tertiary/aromatic N) is 3. The third-order valence-electron chi connectivity index (χ3n) is 4.92. The van der Waals surface area contributed by atoms with Gasteiger partial charge in [-0.05, 0) is 73.5 Å². The molecular formula is C25H23ClN4O4S. The van der Waals surface area contributed by atoms with Gasteiger partial charge in [0.25, 0.3) is 15.9 Å². The van der Waals surface area contributed by atoms with Crippen LogP contribution in [0.25, 0.3) is 0 Å². The summed E-state index contributed by atoms with van der Waals surface area (Å²) >= 11 is 6.13. The molecule has 0 fully saturated rings. The molecule has 0 bridgehead atoms. The van der Waals surface area contributed by atoms with Crippen LogP contribution in [0.3, 0.4) is 0 Å². The van der Waals surface area contributed by atoms with Crippen LogP contribution in [0.15, 0.2) is 76.7 Å². The molecule has 0 heterocycles. The molecule has 0 aliphatic heterocycles. The van der Waals surface area contributed by atoms with Gasteiger partial charge in [-0.15, -0.1) is 0 Å². The van der Waals surface area contributed by atoms with Crippen molar-refractivity contribution in [2.24, 2.45) is 5.10 Å². The summed E-state index contributed by atoms with van der Waals surface area (Å²) in [5.41, 5.74) is 4.88. The highest BCUT2D eigenvalue weighted by Gasteiger charge is 2.28. The average Bonchev–Trinajstić information content (AvgIpc) is 2.84. The first-order valence-corrected chi connectivity index (χ1v) is 12.3. The van der Waals surface area contributed by atoms with Gasteiger partial charge in [0.15, 0.2) is 6.61 Å². The molecule has 0 unspecified atom stereocenters. The van der Waals surface area contributed by atoms with E-state index < -0.39 is 22.5 Å².